The lowest BCUT2D eigenvalue weighted by molar-refractivity contribution is -0.120. The lowest BCUT2D eigenvalue weighted by atomic mass is 10.2. The first-order valence-electron chi connectivity index (χ1n) is 7.78. The van der Waals surface area contributed by atoms with Crippen LogP contribution in [0.1, 0.15) is 15.9 Å². The standard InChI is InChI=1S/C19H18BrN3O3/c1-2-9-26-17-8-3-5-14(10-17)12-22-23-18(24)13-21-19(25)15-6-4-7-16(20)11-15/h2-8,10-12H,1,9,13H2,(H,21,25)(H,23,24)/b22-12-. The van der Waals surface area contributed by atoms with Crippen LogP contribution in [0.3, 0.4) is 0 Å². The minimum atomic E-state index is -0.427. The van der Waals surface area contributed by atoms with Crippen LogP contribution in [0, 0.1) is 0 Å². The molecular formula is C19H18BrN3O3. The highest BCUT2D eigenvalue weighted by Crippen LogP contribution is 2.12. The first-order valence-corrected chi connectivity index (χ1v) is 8.57. The third-order valence-electron chi connectivity index (χ3n) is 3.13. The van der Waals surface area contributed by atoms with E-state index in [4.69, 9.17) is 4.74 Å². The molecule has 0 spiro atoms. The van der Waals surface area contributed by atoms with Gasteiger partial charge in [-0.15, -0.1) is 0 Å². The summed E-state index contributed by atoms with van der Waals surface area (Å²) in [5.41, 5.74) is 3.59. The molecule has 0 radical (unpaired) electrons. The lowest BCUT2D eigenvalue weighted by Crippen LogP contribution is -2.34. The minimum absolute atomic E-state index is 0.175. The summed E-state index contributed by atoms with van der Waals surface area (Å²) >= 11 is 3.29. The molecule has 0 aliphatic carbocycles. The van der Waals surface area contributed by atoms with Gasteiger partial charge in [0.15, 0.2) is 0 Å². The Balaban J connectivity index is 1.80. The van der Waals surface area contributed by atoms with Gasteiger partial charge in [-0.3, -0.25) is 9.59 Å². The number of ether oxygens (including phenoxy) is 1. The van der Waals surface area contributed by atoms with Gasteiger partial charge < -0.3 is 10.1 Å². The van der Waals surface area contributed by atoms with E-state index in [0.717, 1.165) is 10.0 Å². The topological polar surface area (TPSA) is 79.8 Å². The Bertz CT molecular complexity index is 821. The number of amides is 2. The first-order chi connectivity index (χ1) is 12.6. The van der Waals surface area contributed by atoms with Crippen LogP contribution in [0.15, 0.2) is 70.8 Å². The van der Waals surface area contributed by atoms with Crippen LogP contribution >= 0.6 is 15.9 Å². The van der Waals surface area contributed by atoms with E-state index in [1.807, 2.05) is 24.3 Å². The van der Waals surface area contributed by atoms with Crippen LogP contribution in [0.2, 0.25) is 0 Å². The molecule has 0 saturated carbocycles. The number of hydrazone groups is 1. The number of rotatable bonds is 8. The van der Waals surface area contributed by atoms with Crippen molar-refractivity contribution in [2.75, 3.05) is 13.2 Å². The molecule has 0 saturated heterocycles. The van der Waals surface area contributed by atoms with Crippen LogP contribution in [0.5, 0.6) is 5.75 Å². The molecule has 0 bridgehead atoms. The van der Waals surface area contributed by atoms with Crippen LogP contribution in [0.25, 0.3) is 0 Å². The van der Waals surface area contributed by atoms with Gasteiger partial charge in [0.1, 0.15) is 12.4 Å². The second-order valence-corrected chi connectivity index (χ2v) is 6.07. The number of carbonyl (C=O) groups is 2. The maximum absolute atomic E-state index is 11.9. The Kier molecular flexibility index (Phi) is 7.57. The summed E-state index contributed by atoms with van der Waals surface area (Å²) in [6.45, 7) is 3.83. The van der Waals surface area contributed by atoms with Crippen LogP contribution in [-0.2, 0) is 4.79 Å². The van der Waals surface area contributed by atoms with Crippen LogP contribution in [-0.4, -0.2) is 31.2 Å². The van der Waals surface area contributed by atoms with E-state index in [1.165, 1.54) is 6.21 Å². The number of nitrogens with zero attached hydrogens (tertiary/aromatic N) is 1. The Morgan fingerprint density at radius 3 is 2.77 bits per heavy atom. The zero-order chi connectivity index (χ0) is 18.8. The fourth-order valence-electron chi connectivity index (χ4n) is 1.95. The average molecular weight is 416 g/mol. The Labute approximate surface area is 160 Å². The van der Waals surface area contributed by atoms with Gasteiger partial charge in [-0.2, -0.15) is 5.10 Å². The third kappa shape index (κ3) is 6.52. The number of hydrogen-bond donors (Lipinski definition) is 2. The number of nitrogens with one attached hydrogen (secondary N) is 2. The van der Waals surface area contributed by atoms with E-state index in [2.05, 4.69) is 38.4 Å². The van der Waals surface area contributed by atoms with Crippen molar-refractivity contribution < 1.29 is 14.3 Å². The molecule has 6 nitrogen and oxygen atoms in total. The fourth-order valence-corrected chi connectivity index (χ4v) is 2.35. The highest BCUT2D eigenvalue weighted by molar-refractivity contribution is 9.10. The summed E-state index contributed by atoms with van der Waals surface area (Å²) in [5, 5.41) is 6.40. The number of carbonyl (C=O) groups excluding carboxylic acids is 2. The van der Waals surface area contributed by atoms with Crippen molar-refractivity contribution >= 4 is 34.0 Å². The Morgan fingerprint density at radius 2 is 2.00 bits per heavy atom. The molecule has 0 aromatic heterocycles. The predicted molar refractivity (Wildman–Crippen MR) is 104 cm³/mol. The summed E-state index contributed by atoms with van der Waals surface area (Å²) in [6.07, 6.45) is 3.15. The highest BCUT2D eigenvalue weighted by Gasteiger charge is 2.07. The first kappa shape index (κ1) is 19.4. The molecule has 0 aliphatic heterocycles. The highest BCUT2D eigenvalue weighted by atomic mass is 79.9. The van der Waals surface area contributed by atoms with Gasteiger partial charge >= 0.3 is 0 Å². The van der Waals surface area contributed by atoms with Crippen molar-refractivity contribution in [3.8, 4) is 5.75 Å². The molecule has 26 heavy (non-hydrogen) atoms. The lowest BCUT2D eigenvalue weighted by Gasteiger charge is -2.05. The van der Waals surface area contributed by atoms with Crippen LogP contribution in [0.4, 0.5) is 0 Å². The summed E-state index contributed by atoms with van der Waals surface area (Å²) in [4.78, 5) is 23.7. The van der Waals surface area contributed by atoms with E-state index in [1.54, 1.807) is 30.3 Å². The van der Waals surface area contributed by atoms with E-state index >= 15 is 0 Å². The summed E-state index contributed by atoms with van der Waals surface area (Å²) in [5.74, 6) is -0.0809. The summed E-state index contributed by atoms with van der Waals surface area (Å²) in [7, 11) is 0. The SMILES string of the molecule is C=CCOc1cccc(/C=N\NC(=O)CNC(=O)c2cccc(Br)c2)c1. The zero-order valence-corrected chi connectivity index (χ0v) is 15.5. The van der Waals surface area contributed by atoms with Crippen molar-refractivity contribution in [2.24, 2.45) is 5.10 Å². The molecule has 0 atom stereocenters. The van der Waals surface area contributed by atoms with Gasteiger partial charge in [0.25, 0.3) is 11.8 Å². The number of hydrogen-bond acceptors (Lipinski definition) is 4. The van der Waals surface area contributed by atoms with Gasteiger partial charge in [-0.05, 0) is 35.9 Å². The Morgan fingerprint density at radius 1 is 1.19 bits per heavy atom. The predicted octanol–water partition coefficient (Wildman–Crippen LogP) is 2.89. The van der Waals surface area contributed by atoms with E-state index in [-0.39, 0.29) is 12.5 Å². The maximum atomic E-state index is 11.9. The third-order valence-corrected chi connectivity index (χ3v) is 3.62. The molecule has 0 heterocycles. The van der Waals surface area contributed by atoms with E-state index in [9.17, 15) is 9.59 Å². The van der Waals surface area contributed by atoms with Gasteiger partial charge in [0.05, 0.1) is 12.8 Å². The fraction of sp³-hybridized carbons (Fsp3) is 0.105. The quantitative estimate of drug-likeness (QED) is 0.395. The van der Waals surface area contributed by atoms with Crippen molar-refractivity contribution in [3.05, 3.63) is 76.8 Å². The molecule has 2 rings (SSSR count). The molecule has 2 amide bonds. The van der Waals surface area contributed by atoms with Crippen molar-refractivity contribution in [2.45, 2.75) is 0 Å². The molecule has 7 heteroatoms. The second kappa shape index (κ2) is 10.1. The summed E-state index contributed by atoms with van der Waals surface area (Å²) in [6, 6.07) is 14.1. The summed E-state index contributed by atoms with van der Waals surface area (Å²) < 4.78 is 6.21. The Hall–Kier alpha value is -2.93. The van der Waals surface area contributed by atoms with E-state index in [0.29, 0.717) is 17.9 Å². The van der Waals surface area contributed by atoms with Crippen molar-refractivity contribution in [1.29, 1.82) is 0 Å². The largest absolute Gasteiger partial charge is 0.490 e. The molecule has 2 aromatic carbocycles. The normalized spacial score (nSPS) is 10.3. The molecule has 2 aromatic rings. The molecular weight excluding hydrogens is 398 g/mol. The molecule has 134 valence electrons. The molecule has 2 N–H and O–H groups in total. The van der Waals surface area contributed by atoms with Crippen molar-refractivity contribution in [3.63, 3.8) is 0 Å². The average Bonchev–Trinajstić information content (AvgIpc) is 2.65. The van der Waals surface area contributed by atoms with Gasteiger partial charge in [-0.25, -0.2) is 5.43 Å². The van der Waals surface area contributed by atoms with E-state index < -0.39 is 5.91 Å². The van der Waals surface area contributed by atoms with Gasteiger partial charge in [-0.1, -0.05) is 46.8 Å². The minimum Gasteiger partial charge on any atom is -0.490 e. The monoisotopic (exact) mass is 415 g/mol. The number of benzene rings is 2. The van der Waals surface area contributed by atoms with Gasteiger partial charge in [0, 0.05) is 10.0 Å². The number of halogens is 1. The van der Waals surface area contributed by atoms with Crippen molar-refractivity contribution in [1.82, 2.24) is 10.7 Å². The molecule has 0 fully saturated rings. The smallest absolute Gasteiger partial charge is 0.259 e. The second-order valence-electron chi connectivity index (χ2n) is 5.16. The molecule has 0 unspecified atom stereocenters. The van der Waals surface area contributed by atoms with Gasteiger partial charge in [0.2, 0.25) is 0 Å². The maximum Gasteiger partial charge on any atom is 0.259 e. The zero-order valence-electron chi connectivity index (χ0n) is 13.9. The van der Waals surface area contributed by atoms with Crippen LogP contribution < -0.4 is 15.5 Å². The molecule has 0 aliphatic rings.